The third-order valence-corrected chi connectivity index (χ3v) is 6.25. The van der Waals surface area contributed by atoms with Crippen LogP contribution in [0.25, 0.3) is 0 Å². The van der Waals surface area contributed by atoms with E-state index in [0.29, 0.717) is 37.7 Å². The van der Waals surface area contributed by atoms with Gasteiger partial charge in [0.05, 0.1) is 18.1 Å². The molecule has 2 N–H and O–H groups in total. The number of esters is 1. The number of aromatic carboxylic acids is 1. The number of ether oxygens (including phenoxy) is 2. The Hall–Kier alpha value is -2.93. The molecular formula is C27H35NO6. The Labute approximate surface area is 201 Å². The van der Waals surface area contributed by atoms with Crippen LogP contribution in [-0.2, 0) is 28.8 Å². The van der Waals surface area contributed by atoms with E-state index in [0.717, 1.165) is 34.4 Å². The van der Waals surface area contributed by atoms with Gasteiger partial charge in [0.25, 0.3) is 0 Å². The zero-order chi connectivity index (χ0) is 24.9. The van der Waals surface area contributed by atoms with Gasteiger partial charge < -0.3 is 19.7 Å². The second kappa shape index (κ2) is 11.0. The number of nitrogens with zero attached hydrogens (tertiary/aromatic N) is 1. The fourth-order valence-electron chi connectivity index (χ4n) is 4.83. The van der Waals surface area contributed by atoms with Gasteiger partial charge in [-0.05, 0) is 68.9 Å². The Balaban J connectivity index is 0.000000469. The van der Waals surface area contributed by atoms with Crippen molar-refractivity contribution >= 4 is 11.9 Å². The molecule has 0 aliphatic carbocycles. The summed E-state index contributed by atoms with van der Waals surface area (Å²) in [5.41, 5.74) is 3.51. The molecule has 2 aliphatic rings. The van der Waals surface area contributed by atoms with E-state index in [9.17, 15) is 19.8 Å². The van der Waals surface area contributed by atoms with Crippen molar-refractivity contribution in [2.75, 3.05) is 0 Å². The van der Waals surface area contributed by atoms with Crippen molar-refractivity contribution in [2.24, 2.45) is 0 Å². The zero-order valence-electron chi connectivity index (χ0n) is 20.5. The highest BCUT2D eigenvalue weighted by Gasteiger charge is 2.37. The van der Waals surface area contributed by atoms with E-state index in [1.807, 2.05) is 45.9 Å². The van der Waals surface area contributed by atoms with Crippen LogP contribution < -0.4 is 4.74 Å². The minimum Gasteiger partial charge on any atom is -0.487 e. The van der Waals surface area contributed by atoms with Crippen LogP contribution in [0.3, 0.4) is 0 Å². The molecule has 34 heavy (non-hydrogen) atoms. The van der Waals surface area contributed by atoms with Gasteiger partial charge in [0.2, 0.25) is 0 Å². The Morgan fingerprint density at radius 1 is 1.18 bits per heavy atom. The van der Waals surface area contributed by atoms with Gasteiger partial charge in [-0.2, -0.15) is 0 Å². The van der Waals surface area contributed by atoms with Gasteiger partial charge in [-0.25, -0.2) is 4.79 Å². The van der Waals surface area contributed by atoms with Gasteiger partial charge in [0.1, 0.15) is 17.5 Å². The van der Waals surface area contributed by atoms with Crippen LogP contribution in [-0.4, -0.2) is 44.9 Å². The highest BCUT2D eigenvalue weighted by Crippen LogP contribution is 2.44. The SMILES string of the molecule is CCCc1c(CCC2CC(O)CC(=O)O2)c2c(c(C)c1C(=O)O)CC(C)(C)O2.c1ccncc1. The molecule has 3 heterocycles. The number of hydrogen-bond acceptors (Lipinski definition) is 6. The zero-order valence-corrected chi connectivity index (χ0v) is 20.5. The van der Waals surface area contributed by atoms with Gasteiger partial charge in [-0.1, -0.05) is 19.4 Å². The van der Waals surface area contributed by atoms with Crippen LogP contribution in [0.5, 0.6) is 5.75 Å². The molecule has 7 nitrogen and oxygen atoms in total. The molecule has 0 amide bonds. The van der Waals surface area contributed by atoms with Gasteiger partial charge >= 0.3 is 11.9 Å². The number of carboxylic acid groups (broad SMARTS) is 1. The number of fused-ring (bicyclic) bond motifs is 1. The number of pyridine rings is 1. The van der Waals surface area contributed by atoms with E-state index in [1.54, 1.807) is 12.4 Å². The number of aliphatic hydroxyl groups excluding tert-OH is 1. The third-order valence-electron chi connectivity index (χ3n) is 6.25. The molecule has 184 valence electrons. The first-order valence-electron chi connectivity index (χ1n) is 11.9. The summed E-state index contributed by atoms with van der Waals surface area (Å²) in [4.78, 5) is 27.5. The van der Waals surface area contributed by atoms with Crippen LogP contribution in [0.2, 0.25) is 0 Å². The van der Waals surface area contributed by atoms with Gasteiger partial charge in [0, 0.05) is 30.8 Å². The molecular weight excluding hydrogens is 434 g/mol. The van der Waals surface area contributed by atoms with Crippen LogP contribution >= 0.6 is 0 Å². The summed E-state index contributed by atoms with van der Waals surface area (Å²) in [6.07, 6.45) is 6.18. The maximum absolute atomic E-state index is 12.1. The topological polar surface area (TPSA) is 106 Å². The third kappa shape index (κ3) is 6.14. The molecule has 0 bridgehead atoms. The smallest absolute Gasteiger partial charge is 0.336 e. The fraction of sp³-hybridized carbons (Fsp3) is 0.519. The van der Waals surface area contributed by atoms with Crippen molar-refractivity contribution in [3.63, 3.8) is 0 Å². The number of aromatic nitrogens is 1. The van der Waals surface area contributed by atoms with Crippen molar-refractivity contribution in [3.05, 3.63) is 58.4 Å². The Morgan fingerprint density at radius 3 is 2.41 bits per heavy atom. The molecule has 7 heteroatoms. The first-order chi connectivity index (χ1) is 16.1. The Bertz CT molecular complexity index is 991. The van der Waals surface area contributed by atoms with E-state index in [2.05, 4.69) is 4.98 Å². The molecule has 0 spiro atoms. The van der Waals surface area contributed by atoms with Crippen LogP contribution in [0.4, 0.5) is 0 Å². The summed E-state index contributed by atoms with van der Waals surface area (Å²) in [7, 11) is 0. The van der Waals surface area contributed by atoms with Crippen molar-refractivity contribution < 1.29 is 29.3 Å². The number of carboxylic acids is 1. The van der Waals surface area contributed by atoms with E-state index in [1.165, 1.54) is 0 Å². The maximum atomic E-state index is 12.1. The van der Waals surface area contributed by atoms with Crippen LogP contribution in [0, 0.1) is 6.92 Å². The van der Waals surface area contributed by atoms with E-state index in [4.69, 9.17) is 9.47 Å². The summed E-state index contributed by atoms with van der Waals surface area (Å²) >= 11 is 0. The number of hydrogen-bond donors (Lipinski definition) is 2. The average molecular weight is 470 g/mol. The lowest BCUT2D eigenvalue weighted by Crippen LogP contribution is -2.33. The molecule has 2 aromatic rings. The Kier molecular flexibility index (Phi) is 8.31. The molecule has 1 aromatic heterocycles. The first kappa shape index (κ1) is 25.7. The number of carbonyl (C=O) groups is 2. The molecule has 0 radical (unpaired) electrons. The van der Waals surface area contributed by atoms with Crippen molar-refractivity contribution in [1.82, 2.24) is 4.98 Å². The predicted molar refractivity (Wildman–Crippen MR) is 128 cm³/mol. The lowest BCUT2D eigenvalue weighted by Gasteiger charge is -2.27. The molecule has 2 atom stereocenters. The van der Waals surface area contributed by atoms with Gasteiger partial charge in [-0.3, -0.25) is 9.78 Å². The second-order valence-electron chi connectivity index (χ2n) is 9.63. The summed E-state index contributed by atoms with van der Waals surface area (Å²) < 4.78 is 11.6. The van der Waals surface area contributed by atoms with E-state index >= 15 is 0 Å². The highest BCUT2D eigenvalue weighted by molar-refractivity contribution is 5.93. The quantitative estimate of drug-likeness (QED) is 0.603. The normalized spacial score (nSPS) is 20.4. The van der Waals surface area contributed by atoms with Crippen LogP contribution in [0.1, 0.15) is 79.1 Å². The van der Waals surface area contributed by atoms with Gasteiger partial charge in [0.15, 0.2) is 0 Å². The number of cyclic esters (lactones) is 1. The summed E-state index contributed by atoms with van der Waals surface area (Å²) in [5, 5.41) is 19.8. The lowest BCUT2D eigenvalue weighted by molar-refractivity contribution is -0.160. The molecule has 1 saturated heterocycles. The van der Waals surface area contributed by atoms with E-state index in [-0.39, 0.29) is 24.1 Å². The molecule has 1 fully saturated rings. The first-order valence-corrected chi connectivity index (χ1v) is 11.9. The van der Waals surface area contributed by atoms with Crippen molar-refractivity contribution in [1.29, 1.82) is 0 Å². The van der Waals surface area contributed by atoms with Crippen LogP contribution in [0.15, 0.2) is 30.6 Å². The summed E-state index contributed by atoms with van der Waals surface area (Å²) in [6, 6.07) is 5.72. The minimum atomic E-state index is -0.908. The molecule has 1 aromatic carbocycles. The molecule has 2 aliphatic heterocycles. The van der Waals surface area contributed by atoms with Gasteiger partial charge in [-0.15, -0.1) is 0 Å². The number of aliphatic hydroxyl groups is 1. The fourth-order valence-corrected chi connectivity index (χ4v) is 4.83. The van der Waals surface area contributed by atoms with E-state index < -0.39 is 12.1 Å². The average Bonchev–Trinajstić information content (AvgIpc) is 3.10. The van der Waals surface area contributed by atoms with Crippen molar-refractivity contribution in [3.8, 4) is 5.75 Å². The summed E-state index contributed by atoms with van der Waals surface area (Å²) in [5.74, 6) is -0.483. The Morgan fingerprint density at radius 2 is 1.88 bits per heavy atom. The standard InChI is InChI=1S/C22H30O6.C5H5N/c1-5-6-15-16(8-7-14-9-13(23)10-18(24)27-14)20-17(11-22(3,4)28-20)12(2)19(15)21(25)26;1-2-4-6-5-3-1/h13-14,23H,5-11H2,1-4H3,(H,25,26);1-5H. The monoisotopic (exact) mass is 469 g/mol. The number of rotatable bonds is 6. The lowest BCUT2D eigenvalue weighted by atomic mass is 9.85. The molecule has 2 unspecified atom stereocenters. The van der Waals surface area contributed by atoms with Crippen molar-refractivity contribution in [2.45, 2.75) is 90.4 Å². The predicted octanol–water partition coefficient (Wildman–Crippen LogP) is 4.44. The largest absolute Gasteiger partial charge is 0.487 e. The second-order valence-corrected chi connectivity index (χ2v) is 9.63. The highest BCUT2D eigenvalue weighted by atomic mass is 16.5. The number of carbonyl (C=O) groups excluding carboxylic acids is 1. The molecule has 0 saturated carbocycles. The summed E-state index contributed by atoms with van der Waals surface area (Å²) in [6.45, 7) is 7.92. The number of benzene rings is 1. The molecule has 4 rings (SSSR count). The maximum Gasteiger partial charge on any atom is 0.336 e. The minimum absolute atomic E-state index is 0.0397.